The Morgan fingerprint density at radius 3 is 2.58 bits per heavy atom. The number of hydrogen-bond acceptors (Lipinski definition) is 2. The number of fused-ring (bicyclic) bond motifs is 1. The predicted molar refractivity (Wildman–Crippen MR) is 71.9 cm³/mol. The molecule has 2 rings (SSSR count). The molecule has 3 N–H and O–H groups in total. The van der Waals surface area contributed by atoms with Crippen LogP contribution >= 0.6 is 0 Å². The lowest BCUT2D eigenvalue weighted by Gasteiger charge is -2.23. The number of benzene rings is 1. The van der Waals surface area contributed by atoms with Crippen LogP contribution in [-0.4, -0.2) is 16.5 Å². The highest BCUT2D eigenvalue weighted by atomic mass is 19.1. The third-order valence-electron chi connectivity index (χ3n) is 3.05. The van der Waals surface area contributed by atoms with Crippen molar-refractivity contribution in [3.8, 4) is 0 Å². The van der Waals surface area contributed by atoms with Crippen molar-refractivity contribution >= 4 is 11.0 Å². The van der Waals surface area contributed by atoms with Crippen LogP contribution in [-0.2, 0) is 0 Å². The monoisotopic (exact) mass is 267 g/mol. The van der Waals surface area contributed by atoms with Gasteiger partial charge in [-0.2, -0.15) is 0 Å². The maximum Gasteiger partial charge on any atom is 0.153 e. The molecule has 0 aliphatic rings. The number of aromatic nitrogens is 2. The van der Waals surface area contributed by atoms with Gasteiger partial charge in [0, 0.05) is 18.5 Å². The van der Waals surface area contributed by atoms with E-state index in [0.717, 1.165) is 12.5 Å². The molecule has 1 atom stereocenters. The number of nitrogens with two attached hydrogens (primary N) is 1. The van der Waals surface area contributed by atoms with Gasteiger partial charge in [-0.25, -0.2) is 13.8 Å². The molecule has 0 saturated carbocycles. The number of nitrogens with one attached hydrogen (secondary N) is 1. The Bertz CT molecular complexity index is 584. The van der Waals surface area contributed by atoms with Crippen LogP contribution in [0.4, 0.5) is 8.78 Å². The second kappa shape index (κ2) is 4.89. The van der Waals surface area contributed by atoms with E-state index in [9.17, 15) is 8.78 Å². The van der Waals surface area contributed by atoms with Gasteiger partial charge in [0.15, 0.2) is 5.82 Å². The summed E-state index contributed by atoms with van der Waals surface area (Å²) in [5.41, 5.74) is 6.41. The van der Waals surface area contributed by atoms with Crippen molar-refractivity contribution in [1.29, 1.82) is 0 Å². The molecule has 1 heterocycles. The van der Waals surface area contributed by atoms with E-state index in [-0.39, 0.29) is 16.8 Å². The molecule has 1 unspecified atom stereocenters. The fraction of sp³-hybridized carbons (Fsp3) is 0.500. The molecule has 1 aromatic heterocycles. The molecular weight excluding hydrogens is 248 g/mol. The molecule has 3 nitrogen and oxygen atoms in total. The van der Waals surface area contributed by atoms with Gasteiger partial charge in [0.25, 0.3) is 0 Å². The number of H-pyrrole nitrogens is 1. The van der Waals surface area contributed by atoms with Crippen molar-refractivity contribution in [2.45, 2.75) is 33.1 Å². The van der Waals surface area contributed by atoms with Crippen LogP contribution in [0.1, 0.15) is 38.9 Å². The van der Waals surface area contributed by atoms with Crippen LogP contribution in [0.2, 0.25) is 0 Å². The third-order valence-corrected chi connectivity index (χ3v) is 3.05. The molecule has 1 aromatic carbocycles. The van der Waals surface area contributed by atoms with Gasteiger partial charge in [-0.3, -0.25) is 0 Å². The van der Waals surface area contributed by atoms with E-state index in [2.05, 4.69) is 30.7 Å². The smallest absolute Gasteiger partial charge is 0.153 e. The first-order valence-corrected chi connectivity index (χ1v) is 6.35. The molecular formula is C14H19F2N3. The molecule has 0 saturated heterocycles. The Kier molecular flexibility index (Phi) is 3.58. The Balaban J connectivity index is 2.42. The summed E-state index contributed by atoms with van der Waals surface area (Å²) in [6.07, 6.45) is 0.827. The average Bonchev–Trinajstić information content (AvgIpc) is 2.68. The van der Waals surface area contributed by atoms with Crippen molar-refractivity contribution < 1.29 is 8.78 Å². The van der Waals surface area contributed by atoms with Crippen LogP contribution < -0.4 is 5.73 Å². The number of hydrogen-bond donors (Lipinski definition) is 2. The molecule has 0 bridgehead atoms. The topological polar surface area (TPSA) is 54.7 Å². The highest BCUT2D eigenvalue weighted by Crippen LogP contribution is 2.30. The summed E-state index contributed by atoms with van der Waals surface area (Å²) in [6, 6.07) is 2.09. The van der Waals surface area contributed by atoms with E-state index >= 15 is 0 Å². The van der Waals surface area contributed by atoms with E-state index in [4.69, 9.17) is 5.73 Å². The molecule has 5 heteroatoms. The van der Waals surface area contributed by atoms with Gasteiger partial charge in [0.05, 0.1) is 5.52 Å². The van der Waals surface area contributed by atoms with Gasteiger partial charge in [0.1, 0.15) is 17.2 Å². The Hall–Kier alpha value is -1.49. The minimum atomic E-state index is -0.649. The SMILES string of the molecule is CC(C)(C)CC(CN)c1nc2c(F)cc(F)cc2[nH]1. The van der Waals surface area contributed by atoms with E-state index < -0.39 is 11.6 Å². The zero-order valence-corrected chi connectivity index (χ0v) is 11.4. The second-order valence-electron chi connectivity index (χ2n) is 6.10. The minimum Gasteiger partial charge on any atom is -0.342 e. The fourth-order valence-electron chi connectivity index (χ4n) is 2.29. The zero-order valence-electron chi connectivity index (χ0n) is 11.4. The summed E-state index contributed by atoms with van der Waals surface area (Å²) in [4.78, 5) is 7.21. The summed E-state index contributed by atoms with van der Waals surface area (Å²) in [5.74, 6) is -0.629. The normalized spacial score (nSPS) is 14.0. The van der Waals surface area contributed by atoms with E-state index in [1.807, 2.05) is 0 Å². The molecule has 0 spiro atoms. The molecule has 104 valence electrons. The fourth-order valence-corrected chi connectivity index (χ4v) is 2.29. The lowest BCUT2D eigenvalue weighted by molar-refractivity contribution is 0.337. The van der Waals surface area contributed by atoms with E-state index in [1.54, 1.807) is 0 Å². The minimum absolute atomic E-state index is 0.00913. The van der Waals surface area contributed by atoms with Gasteiger partial charge < -0.3 is 10.7 Å². The van der Waals surface area contributed by atoms with E-state index in [0.29, 0.717) is 17.9 Å². The number of rotatable bonds is 3. The van der Waals surface area contributed by atoms with Crippen LogP contribution in [0.25, 0.3) is 11.0 Å². The summed E-state index contributed by atoms with van der Waals surface area (Å²) < 4.78 is 26.8. The van der Waals surface area contributed by atoms with Crippen LogP contribution in [0.5, 0.6) is 0 Å². The maximum absolute atomic E-state index is 13.6. The first-order valence-electron chi connectivity index (χ1n) is 6.35. The largest absolute Gasteiger partial charge is 0.342 e. The van der Waals surface area contributed by atoms with Gasteiger partial charge in [-0.1, -0.05) is 20.8 Å². The van der Waals surface area contributed by atoms with Crippen molar-refractivity contribution in [3.63, 3.8) is 0 Å². The highest BCUT2D eigenvalue weighted by Gasteiger charge is 2.22. The molecule has 19 heavy (non-hydrogen) atoms. The molecule has 2 aromatic rings. The Labute approximate surface area is 111 Å². The quantitative estimate of drug-likeness (QED) is 0.896. The lowest BCUT2D eigenvalue weighted by atomic mass is 9.84. The standard InChI is InChI=1S/C14H19F2N3/c1-14(2,3)6-8(7-17)13-18-11-5-9(15)4-10(16)12(11)19-13/h4-5,8H,6-7,17H2,1-3H3,(H,18,19). The van der Waals surface area contributed by atoms with Crippen LogP contribution in [0.15, 0.2) is 12.1 Å². The number of aromatic amines is 1. The summed E-state index contributed by atoms with van der Waals surface area (Å²) in [5, 5.41) is 0. The summed E-state index contributed by atoms with van der Waals surface area (Å²) >= 11 is 0. The van der Waals surface area contributed by atoms with Crippen molar-refractivity contribution in [2.24, 2.45) is 11.1 Å². The van der Waals surface area contributed by atoms with Gasteiger partial charge in [-0.15, -0.1) is 0 Å². The summed E-state index contributed by atoms with van der Waals surface area (Å²) in [6.45, 7) is 6.75. The van der Waals surface area contributed by atoms with Crippen molar-refractivity contribution in [1.82, 2.24) is 9.97 Å². The van der Waals surface area contributed by atoms with E-state index in [1.165, 1.54) is 6.07 Å². The first kappa shape index (κ1) is 13.9. The molecule has 0 radical (unpaired) electrons. The Morgan fingerprint density at radius 1 is 1.32 bits per heavy atom. The lowest BCUT2D eigenvalue weighted by Crippen LogP contribution is -2.20. The zero-order chi connectivity index (χ0) is 14.2. The third kappa shape index (κ3) is 3.10. The highest BCUT2D eigenvalue weighted by molar-refractivity contribution is 5.75. The van der Waals surface area contributed by atoms with Crippen molar-refractivity contribution in [3.05, 3.63) is 29.6 Å². The van der Waals surface area contributed by atoms with Gasteiger partial charge in [-0.05, 0) is 17.9 Å². The van der Waals surface area contributed by atoms with Crippen LogP contribution in [0.3, 0.4) is 0 Å². The number of nitrogens with zero attached hydrogens (tertiary/aromatic N) is 1. The molecule has 0 aliphatic carbocycles. The Morgan fingerprint density at radius 2 is 2.00 bits per heavy atom. The van der Waals surface area contributed by atoms with Gasteiger partial charge in [0.2, 0.25) is 0 Å². The van der Waals surface area contributed by atoms with Crippen molar-refractivity contribution in [2.75, 3.05) is 6.54 Å². The first-order chi connectivity index (χ1) is 8.80. The molecule has 0 fully saturated rings. The number of halogens is 2. The predicted octanol–water partition coefficient (Wildman–Crippen LogP) is 3.32. The maximum atomic E-state index is 13.6. The van der Waals surface area contributed by atoms with Crippen LogP contribution in [0, 0.1) is 17.0 Å². The number of imidazole rings is 1. The molecule has 0 amide bonds. The second-order valence-corrected chi connectivity index (χ2v) is 6.10. The average molecular weight is 267 g/mol. The van der Waals surface area contributed by atoms with Gasteiger partial charge >= 0.3 is 0 Å². The molecule has 0 aliphatic heterocycles. The summed E-state index contributed by atoms with van der Waals surface area (Å²) in [7, 11) is 0.